The maximum Gasteiger partial charge on any atom is 0.164 e. The second kappa shape index (κ2) is 14.0. The molecule has 0 spiro atoms. The third-order valence-corrected chi connectivity index (χ3v) is 12.4. The Morgan fingerprint density at radius 1 is 0.317 bits per heavy atom. The summed E-state index contributed by atoms with van der Waals surface area (Å²) in [6, 6.07) is 74.4. The zero-order valence-corrected chi connectivity index (χ0v) is 33.9. The van der Waals surface area contributed by atoms with E-state index >= 15 is 0 Å². The van der Waals surface area contributed by atoms with Crippen molar-refractivity contribution in [2.45, 2.75) is 0 Å². The highest BCUT2D eigenvalue weighted by Gasteiger charge is 2.23. The molecular weight excluding hydrogens is 771 g/mol. The first-order valence-electron chi connectivity index (χ1n) is 21.2. The second-order valence-electron chi connectivity index (χ2n) is 15.9. The molecule has 0 aliphatic carbocycles. The topological polar surface area (TPSA) is 61.7 Å². The molecule has 0 fully saturated rings. The first-order chi connectivity index (χ1) is 31.3. The lowest BCUT2D eigenvalue weighted by Crippen LogP contribution is -2.00. The van der Waals surface area contributed by atoms with Crippen LogP contribution in [0.4, 0.5) is 0 Å². The van der Waals surface area contributed by atoms with Crippen LogP contribution in [0.5, 0.6) is 0 Å². The van der Waals surface area contributed by atoms with E-state index in [1.54, 1.807) is 0 Å². The van der Waals surface area contributed by atoms with E-state index in [0.717, 1.165) is 72.2 Å². The Hall–Kier alpha value is -8.61. The number of para-hydroxylation sites is 4. The number of hydrogen-bond acceptors (Lipinski definition) is 4. The minimum atomic E-state index is 0.593. The van der Waals surface area contributed by atoms with Gasteiger partial charge in [0.05, 0.1) is 22.1 Å². The van der Waals surface area contributed by atoms with Gasteiger partial charge in [-0.25, -0.2) is 15.0 Å². The average molecular weight is 806 g/mol. The highest BCUT2D eigenvalue weighted by atomic mass is 16.3. The lowest BCUT2D eigenvalue weighted by atomic mass is 9.97. The predicted molar refractivity (Wildman–Crippen MR) is 258 cm³/mol. The zero-order valence-electron chi connectivity index (χ0n) is 33.9. The summed E-state index contributed by atoms with van der Waals surface area (Å²) in [5.41, 5.74) is 13.3. The molecule has 0 aliphatic heterocycles. The van der Waals surface area contributed by atoms with E-state index in [-0.39, 0.29) is 0 Å². The zero-order chi connectivity index (χ0) is 41.4. The summed E-state index contributed by atoms with van der Waals surface area (Å²) in [6.07, 6.45) is 0. The summed E-state index contributed by atoms with van der Waals surface area (Å²) >= 11 is 0. The molecule has 0 N–H and O–H groups in total. The molecule has 6 heteroatoms. The molecule has 0 radical (unpaired) electrons. The van der Waals surface area contributed by atoms with Crippen LogP contribution in [0, 0.1) is 0 Å². The molecule has 6 nitrogen and oxygen atoms in total. The van der Waals surface area contributed by atoms with Crippen LogP contribution in [0.2, 0.25) is 0 Å². The van der Waals surface area contributed by atoms with Crippen LogP contribution < -0.4 is 0 Å². The number of nitrogens with zero attached hydrogens (tertiary/aromatic N) is 5. The van der Waals surface area contributed by atoms with Crippen LogP contribution >= 0.6 is 0 Å². The van der Waals surface area contributed by atoms with Crippen molar-refractivity contribution in [3.05, 3.63) is 212 Å². The largest absolute Gasteiger partial charge is 0.455 e. The number of furan rings is 1. The standard InChI is InChI=1S/C57H35N5O/c1-4-17-36(18-5-1)55-58-56(37-19-6-2-7-20-37)60-57(59-55)45-28-16-32-51-53(45)44-27-14-26-42(54(44)63-51)41-25-15-31-50-52(41)43-24-11-13-30-48(43)62(50)39-33-34-49-46(35-39)40-23-10-12-29-47(40)61(49)38-21-8-3-9-22-38/h1-35H. The van der Waals surface area contributed by atoms with Crippen LogP contribution in [0.15, 0.2) is 217 Å². The lowest BCUT2D eigenvalue weighted by Gasteiger charge is -2.11. The van der Waals surface area contributed by atoms with Gasteiger partial charge in [0.15, 0.2) is 17.5 Å². The Kier molecular flexibility index (Phi) is 7.80. The van der Waals surface area contributed by atoms with E-state index in [9.17, 15) is 0 Å². The van der Waals surface area contributed by atoms with Crippen molar-refractivity contribution < 1.29 is 4.42 Å². The van der Waals surface area contributed by atoms with Crippen molar-refractivity contribution in [2.75, 3.05) is 0 Å². The number of fused-ring (bicyclic) bond motifs is 9. The third kappa shape index (κ3) is 5.48. The van der Waals surface area contributed by atoms with Crippen LogP contribution in [0.3, 0.4) is 0 Å². The fourth-order valence-corrected chi connectivity index (χ4v) is 9.65. The van der Waals surface area contributed by atoms with Crippen molar-refractivity contribution in [1.29, 1.82) is 0 Å². The maximum absolute atomic E-state index is 6.93. The van der Waals surface area contributed by atoms with Gasteiger partial charge in [-0.3, -0.25) is 0 Å². The molecule has 0 aliphatic rings. The third-order valence-electron chi connectivity index (χ3n) is 12.4. The van der Waals surface area contributed by atoms with Gasteiger partial charge < -0.3 is 13.6 Å². The SMILES string of the molecule is c1ccc(-c2nc(-c3ccccc3)nc(-c3cccc4oc5c(-c6cccc7c6c6ccccc6n7-c6ccc7c(c6)c6ccccc6n7-c6ccccc6)cccc5c34)n2)cc1. The normalized spacial score (nSPS) is 11.8. The van der Waals surface area contributed by atoms with E-state index in [4.69, 9.17) is 19.4 Å². The summed E-state index contributed by atoms with van der Waals surface area (Å²) in [4.78, 5) is 15.2. The van der Waals surface area contributed by atoms with Gasteiger partial charge in [0.1, 0.15) is 11.2 Å². The summed E-state index contributed by atoms with van der Waals surface area (Å²) in [5.74, 6) is 1.83. The molecule has 0 atom stereocenters. The van der Waals surface area contributed by atoms with Gasteiger partial charge in [-0.15, -0.1) is 0 Å². The molecule has 13 rings (SSSR count). The molecule has 13 aromatic rings. The minimum Gasteiger partial charge on any atom is -0.455 e. The number of hydrogen-bond donors (Lipinski definition) is 0. The smallest absolute Gasteiger partial charge is 0.164 e. The van der Waals surface area contributed by atoms with Gasteiger partial charge in [-0.2, -0.15) is 0 Å². The van der Waals surface area contributed by atoms with E-state index in [1.807, 2.05) is 72.8 Å². The molecule has 0 unspecified atom stereocenters. The quantitative estimate of drug-likeness (QED) is 0.168. The van der Waals surface area contributed by atoms with Crippen molar-refractivity contribution in [3.63, 3.8) is 0 Å². The molecule has 0 saturated carbocycles. The van der Waals surface area contributed by atoms with Gasteiger partial charge in [-0.1, -0.05) is 158 Å². The highest BCUT2D eigenvalue weighted by Crippen LogP contribution is 2.45. The number of benzene rings is 9. The Morgan fingerprint density at radius 3 is 1.59 bits per heavy atom. The molecule has 0 bridgehead atoms. The molecule has 4 heterocycles. The van der Waals surface area contributed by atoms with Crippen LogP contribution in [-0.4, -0.2) is 24.1 Å². The Labute approximate surface area is 361 Å². The summed E-state index contributed by atoms with van der Waals surface area (Å²) in [6.45, 7) is 0. The average Bonchev–Trinajstić information content (AvgIpc) is 4.02. The first-order valence-corrected chi connectivity index (χ1v) is 21.2. The van der Waals surface area contributed by atoms with E-state index in [2.05, 4.69) is 149 Å². The Morgan fingerprint density at radius 2 is 0.841 bits per heavy atom. The molecule has 9 aromatic carbocycles. The van der Waals surface area contributed by atoms with E-state index < -0.39 is 0 Å². The van der Waals surface area contributed by atoms with Gasteiger partial charge in [0, 0.05) is 65.9 Å². The van der Waals surface area contributed by atoms with Crippen molar-refractivity contribution >= 4 is 65.6 Å². The molecular formula is C57H35N5O. The van der Waals surface area contributed by atoms with E-state index in [1.165, 1.54) is 32.6 Å². The number of aromatic nitrogens is 5. The van der Waals surface area contributed by atoms with Crippen molar-refractivity contribution in [2.24, 2.45) is 0 Å². The molecule has 0 saturated heterocycles. The molecule has 294 valence electrons. The fourth-order valence-electron chi connectivity index (χ4n) is 9.65. The fraction of sp³-hybridized carbons (Fsp3) is 0. The summed E-state index contributed by atoms with van der Waals surface area (Å²) in [5, 5.41) is 6.75. The maximum atomic E-state index is 6.93. The summed E-state index contributed by atoms with van der Waals surface area (Å²) < 4.78 is 11.7. The minimum absolute atomic E-state index is 0.593. The first kappa shape index (κ1) is 35.2. The van der Waals surface area contributed by atoms with Crippen molar-refractivity contribution in [1.82, 2.24) is 24.1 Å². The van der Waals surface area contributed by atoms with Gasteiger partial charge in [0.25, 0.3) is 0 Å². The van der Waals surface area contributed by atoms with Crippen LogP contribution in [0.25, 0.3) is 122 Å². The van der Waals surface area contributed by atoms with Crippen molar-refractivity contribution in [3.8, 4) is 56.7 Å². The number of rotatable bonds is 6. The van der Waals surface area contributed by atoms with Gasteiger partial charge in [0.2, 0.25) is 0 Å². The summed E-state index contributed by atoms with van der Waals surface area (Å²) in [7, 11) is 0. The second-order valence-corrected chi connectivity index (χ2v) is 15.9. The monoisotopic (exact) mass is 805 g/mol. The molecule has 63 heavy (non-hydrogen) atoms. The Bertz CT molecular complexity index is 3850. The highest BCUT2D eigenvalue weighted by molar-refractivity contribution is 6.21. The molecule has 4 aromatic heterocycles. The van der Waals surface area contributed by atoms with E-state index in [0.29, 0.717) is 17.5 Å². The van der Waals surface area contributed by atoms with Crippen LogP contribution in [-0.2, 0) is 0 Å². The molecule has 0 amide bonds. The lowest BCUT2D eigenvalue weighted by molar-refractivity contribution is 0.670. The van der Waals surface area contributed by atoms with Gasteiger partial charge >= 0.3 is 0 Å². The Balaban J connectivity index is 1.01. The predicted octanol–water partition coefficient (Wildman–Crippen LogP) is 14.6. The van der Waals surface area contributed by atoms with Crippen LogP contribution in [0.1, 0.15) is 0 Å². The van der Waals surface area contributed by atoms with Gasteiger partial charge in [-0.05, 0) is 60.2 Å².